The minimum Gasteiger partial charge on any atom is -0.444 e. The number of benzene rings is 1. The van der Waals surface area contributed by atoms with Crippen LogP contribution >= 0.6 is 0 Å². The third kappa shape index (κ3) is 3.54. The first-order valence-corrected chi connectivity index (χ1v) is 5.86. The van der Waals surface area contributed by atoms with Crippen LogP contribution in [-0.2, 0) is 4.74 Å². The highest BCUT2D eigenvalue weighted by Gasteiger charge is 2.17. The zero-order valence-electron chi connectivity index (χ0n) is 11.1. The molecule has 6 heteroatoms. The Bertz CT molecular complexity index is 620. The first kappa shape index (κ1) is 13.1. The molecule has 19 heavy (non-hydrogen) atoms. The Morgan fingerprint density at radius 2 is 2.11 bits per heavy atom. The number of ether oxygens (including phenoxy) is 1. The summed E-state index contributed by atoms with van der Waals surface area (Å²) in [6, 6.07) is 5.28. The largest absolute Gasteiger partial charge is 0.444 e. The van der Waals surface area contributed by atoms with Gasteiger partial charge in [-0.15, -0.1) is 0 Å². The molecular formula is C13H16N4O2. The van der Waals surface area contributed by atoms with E-state index < -0.39 is 11.7 Å². The van der Waals surface area contributed by atoms with Crippen molar-refractivity contribution >= 4 is 28.6 Å². The molecular weight excluding hydrogens is 244 g/mol. The van der Waals surface area contributed by atoms with Crippen LogP contribution in [0.3, 0.4) is 0 Å². The summed E-state index contributed by atoms with van der Waals surface area (Å²) in [5, 5.41) is 3.31. The molecule has 0 unspecified atom stereocenters. The van der Waals surface area contributed by atoms with Crippen LogP contribution in [0.4, 0.5) is 16.4 Å². The lowest BCUT2D eigenvalue weighted by Gasteiger charge is -2.19. The molecule has 1 heterocycles. The third-order valence-corrected chi connectivity index (χ3v) is 2.22. The monoisotopic (exact) mass is 260 g/mol. The van der Waals surface area contributed by atoms with Crippen molar-refractivity contribution in [2.24, 2.45) is 0 Å². The van der Waals surface area contributed by atoms with Crippen molar-refractivity contribution in [3.8, 4) is 0 Å². The highest BCUT2D eigenvalue weighted by molar-refractivity contribution is 5.86. The average molecular weight is 260 g/mol. The molecule has 0 saturated carbocycles. The maximum absolute atomic E-state index is 11.6. The topological polar surface area (TPSA) is 90.1 Å². The Balaban J connectivity index is 2.18. The standard InChI is InChI=1S/C13H16N4O2/c1-13(2,3)19-12(18)17-11-15-7-8-6-9(14)4-5-10(8)16-11/h4-7H,14H2,1-3H3,(H,15,16,17,18). The lowest BCUT2D eigenvalue weighted by Crippen LogP contribution is -2.27. The van der Waals surface area contributed by atoms with Crippen LogP contribution in [0.1, 0.15) is 20.8 Å². The van der Waals surface area contributed by atoms with E-state index in [-0.39, 0.29) is 5.95 Å². The molecule has 3 N–H and O–H groups in total. The Kier molecular flexibility index (Phi) is 3.25. The number of carbonyl (C=O) groups excluding carboxylic acids is 1. The van der Waals surface area contributed by atoms with E-state index in [1.54, 1.807) is 45.2 Å². The van der Waals surface area contributed by atoms with Crippen LogP contribution in [0, 0.1) is 0 Å². The van der Waals surface area contributed by atoms with Crippen LogP contribution < -0.4 is 11.1 Å². The van der Waals surface area contributed by atoms with Crippen LogP contribution in [0.15, 0.2) is 24.4 Å². The number of nitrogens with zero attached hydrogens (tertiary/aromatic N) is 2. The minimum absolute atomic E-state index is 0.200. The van der Waals surface area contributed by atoms with Gasteiger partial charge in [-0.05, 0) is 39.0 Å². The Hall–Kier alpha value is -2.37. The SMILES string of the molecule is CC(C)(C)OC(=O)Nc1ncc2cc(N)ccc2n1. The molecule has 0 aliphatic heterocycles. The molecule has 0 spiro atoms. The van der Waals surface area contributed by atoms with Crippen molar-refractivity contribution in [1.82, 2.24) is 9.97 Å². The van der Waals surface area contributed by atoms with E-state index in [9.17, 15) is 4.79 Å². The molecule has 1 aromatic heterocycles. The van der Waals surface area contributed by atoms with E-state index in [0.29, 0.717) is 11.2 Å². The maximum Gasteiger partial charge on any atom is 0.414 e. The van der Waals surface area contributed by atoms with E-state index in [0.717, 1.165) is 5.39 Å². The molecule has 2 aromatic rings. The zero-order valence-corrected chi connectivity index (χ0v) is 11.1. The fraction of sp³-hybridized carbons (Fsp3) is 0.308. The molecule has 1 aromatic carbocycles. The van der Waals surface area contributed by atoms with Crippen LogP contribution in [0.2, 0.25) is 0 Å². The van der Waals surface area contributed by atoms with Crippen LogP contribution in [0.25, 0.3) is 10.9 Å². The number of nitrogen functional groups attached to an aromatic ring is 1. The number of hydrogen-bond acceptors (Lipinski definition) is 5. The van der Waals surface area contributed by atoms with E-state index in [1.165, 1.54) is 0 Å². The van der Waals surface area contributed by atoms with Gasteiger partial charge in [-0.2, -0.15) is 0 Å². The Labute approximate surface area is 111 Å². The zero-order chi connectivity index (χ0) is 14.0. The normalized spacial score (nSPS) is 11.3. The Morgan fingerprint density at radius 3 is 2.79 bits per heavy atom. The number of aromatic nitrogens is 2. The van der Waals surface area contributed by atoms with Crippen LogP contribution in [0.5, 0.6) is 0 Å². The van der Waals surface area contributed by atoms with E-state index in [4.69, 9.17) is 10.5 Å². The summed E-state index contributed by atoms with van der Waals surface area (Å²) in [5.41, 5.74) is 6.45. The Morgan fingerprint density at radius 1 is 1.37 bits per heavy atom. The van der Waals surface area contributed by atoms with Gasteiger partial charge in [0.05, 0.1) is 5.52 Å². The number of anilines is 2. The van der Waals surface area contributed by atoms with Crippen LogP contribution in [-0.4, -0.2) is 21.7 Å². The quantitative estimate of drug-likeness (QED) is 0.769. The second kappa shape index (κ2) is 4.72. The number of amides is 1. The summed E-state index contributed by atoms with van der Waals surface area (Å²) < 4.78 is 5.12. The fourth-order valence-electron chi connectivity index (χ4n) is 1.51. The number of fused-ring (bicyclic) bond motifs is 1. The number of nitrogens with one attached hydrogen (secondary N) is 1. The summed E-state index contributed by atoms with van der Waals surface area (Å²) >= 11 is 0. The van der Waals surface area contributed by atoms with Crippen molar-refractivity contribution in [3.05, 3.63) is 24.4 Å². The predicted molar refractivity (Wildman–Crippen MR) is 73.8 cm³/mol. The van der Waals surface area contributed by atoms with Crippen molar-refractivity contribution in [2.45, 2.75) is 26.4 Å². The fourth-order valence-corrected chi connectivity index (χ4v) is 1.51. The smallest absolute Gasteiger partial charge is 0.414 e. The number of nitrogens with two attached hydrogens (primary N) is 1. The molecule has 2 rings (SSSR count). The second-order valence-electron chi connectivity index (χ2n) is 5.14. The van der Waals surface area contributed by atoms with E-state index >= 15 is 0 Å². The number of hydrogen-bond donors (Lipinski definition) is 2. The van der Waals surface area contributed by atoms with Gasteiger partial charge >= 0.3 is 6.09 Å². The summed E-state index contributed by atoms with van der Waals surface area (Å²) in [7, 11) is 0. The summed E-state index contributed by atoms with van der Waals surface area (Å²) in [6.07, 6.45) is 1.02. The predicted octanol–water partition coefficient (Wildman–Crippen LogP) is 2.56. The van der Waals surface area contributed by atoms with Gasteiger partial charge < -0.3 is 10.5 Å². The average Bonchev–Trinajstić information content (AvgIpc) is 2.26. The molecule has 0 radical (unpaired) electrons. The molecule has 1 amide bonds. The lowest BCUT2D eigenvalue weighted by atomic mass is 10.2. The molecule has 0 aliphatic carbocycles. The maximum atomic E-state index is 11.6. The minimum atomic E-state index is -0.581. The highest BCUT2D eigenvalue weighted by Crippen LogP contribution is 2.16. The lowest BCUT2D eigenvalue weighted by molar-refractivity contribution is 0.0634. The van der Waals surface area contributed by atoms with Gasteiger partial charge in [0.25, 0.3) is 0 Å². The van der Waals surface area contributed by atoms with Crippen molar-refractivity contribution in [1.29, 1.82) is 0 Å². The molecule has 0 fully saturated rings. The first-order valence-electron chi connectivity index (χ1n) is 5.86. The summed E-state index contributed by atoms with van der Waals surface area (Å²) in [6.45, 7) is 5.36. The molecule has 6 nitrogen and oxygen atoms in total. The van der Waals surface area contributed by atoms with Crippen molar-refractivity contribution in [3.63, 3.8) is 0 Å². The van der Waals surface area contributed by atoms with Gasteiger partial charge in [0.15, 0.2) is 0 Å². The molecule has 0 aliphatic rings. The number of rotatable bonds is 1. The summed E-state index contributed by atoms with van der Waals surface area (Å²) in [4.78, 5) is 19.8. The molecule has 0 bridgehead atoms. The molecule has 0 saturated heterocycles. The van der Waals surface area contributed by atoms with Gasteiger partial charge in [-0.25, -0.2) is 14.8 Å². The number of carbonyl (C=O) groups is 1. The second-order valence-corrected chi connectivity index (χ2v) is 5.14. The summed E-state index contributed by atoms with van der Waals surface area (Å²) in [5.74, 6) is 0.200. The van der Waals surface area contributed by atoms with E-state index in [2.05, 4.69) is 15.3 Å². The van der Waals surface area contributed by atoms with Crippen molar-refractivity contribution in [2.75, 3.05) is 11.1 Å². The van der Waals surface area contributed by atoms with Gasteiger partial charge in [0.1, 0.15) is 5.60 Å². The molecule has 100 valence electrons. The van der Waals surface area contributed by atoms with Gasteiger partial charge in [0.2, 0.25) is 5.95 Å². The first-order chi connectivity index (χ1) is 8.83. The molecule has 0 atom stereocenters. The highest BCUT2D eigenvalue weighted by atomic mass is 16.6. The van der Waals surface area contributed by atoms with Crippen molar-refractivity contribution < 1.29 is 9.53 Å². The van der Waals surface area contributed by atoms with E-state index in [1.807, 2.05) is 0 Å². The van der Waals surface area contributed by atoms with Gasteiger partial charge in [-0.3, -0.25) is 5.32 Å². The van der Waals surface area contributed by atoms with Gasteiger partial charge in [0, 0.05) is 17.3 Å². The van der Waals surface area contributed by atoms with Gasteiger partial charge in [-0.1, -0.05) is 0 Å². The third-order valence-electron chi connectivity index (χ3n) is 2.22.